The molecule has 0 fully saturated rings. The average Bonchev–Trinajstić information content (AvgIpc) is 3.10. The Morgan fingerprint density at radius 1 is 0.477 bits per heavy atom. The van der Waals surface area contributed by atoms with Gasteiger partial charge in [-0.05, 0) is 154 Å². The molecular formula is C45H55F6NO11P2. The molecule has 0 atom stereocenters. The van der Waals surface area contributed by atoms with E-state index in [1.54, 1.807) is 131 Å². The van der Waals surface area contributed by atoms with Crippen LogP contribution in [0.15, 0.2) is 72.8 Å². The third-order valence-corrected chi connectivity index (χ3v) is 12.4. The van der Waals surface area contributed by atoms with Crippen LogP contribution in [0, 0.1) is 0 Å². The van der Waals surface area contributed by atoms with Gasteiger partial charge in [0.05, 0.1) is 44.9 Å². The molecule has 0 amide bonds. The molecule has 1 aliphatic heterocycles. The topological polar surface area (TPSA) is 120 Å². The lowest BCUT2D eigenvalue weighted by molar-refractivity contribution is -0.140. The van der Waals surface area contributed by atoms with E-state index >= 15 is 0 Å². The van der Waals surface area contributed by atoms with Gasteiger partial charge >= 0.3 is 28.0 Å². The number of hydrogen-bond donors (Lipinski definition) is 0. The Kier molecular flexibility index (Phi) is 14.8. The molecule has 12 nitrogen and oxygen atoms in total. The maximum absolute atomic E-state index is 14.5. The van der Waals surface area contributed by atoms with E-state index < -0.39 is 86.6 Å². The summed E-state index contributed by atoms with van der Waals surface area (Å²) in [4.78, 5) is 1.77. The van der Waals surface area contributed by atoms with Crippen LogP contribution >= 0.6 is 15.6 Å². The molecule has 0 radical (unpaired) electrons. The summed E-state index contributed by atoms with van der Waals surface area (Å²) in [6.45, 7) is 17.6. The molecule has 65 heavy (non-hydrogen) atoms. The summed E-state index contributed by atoms with van der Waals surface area (Å²) in [5.41, 5.74) is -4.12. The van der Waals surface area contributed by atoms with Gasteiger partial charge in [0.25, 0.3) is 0 Å². The van der Waals surface area contributed by atoms with Crippen molar-refractivity contribution in [3.63, 3.8) is 0 Å². The maximum Gasteiger partial charge on any atom is 0.478 e. The normalized spacial score (nSPS) is 14.2. The van der Waals surface area contributed by atoms with Crippen LogP contribution in [0.2, 0.25) is 0 Å². The fourth-order valence-electron chi connectivity index (χ4n) is 6.26. The van der Waals surface area contributed by atoms with Crippen LogP contribution < -0.4 is 19.1 Å². The van der Waals surface area contributed by atoms with Crippen molar-refractivity contribution in [3.8, 4) is 45.3 Å². The highest BCUT2D eigenvalue weighted by Crippen LogP contribution is 2.57. The van der Waals surface area contributed by atoms with Crippen molar-refractivity contribution in [1.29, 1.82) is 0 Å². The Labute approximate surface area is 375 Å². The third kappa shape index (κ3) is 14.4. The van der Waals surface area contributed by atoms with E-state index in [1.165, 1.54) is 12.1 Å². The maximum atomic E-state index is 14.5. The molecule has 0 aliphatic carbocycles. The number of alkyl halides is 6. The fraction of sp³-hybridized carbons (Fsp3) is 0.467. The second kappa shape index (κ2) is 18.5. The molecule has 0 saturated heterocycles. The first-order valence-corrected chi connectivity index (χ1v) is 23.1. The van der Waals surface area contributed by atoms with Crippen LogP contribution in [0.1, 0.15) is 94.2 Å². The minimum atomic E-state index is -4.88. The molecule has 4 aromatic rings. The second-order valence-corrected chi connectivity index (χ2v) is 22.0. The van der Waals surface area contributed by atoms with E-state index in [2.05, 4.69) is 0 Å². The van der Waals surface area contributed by atoms with Gasteiger partial charge in [0, 0.05) is 7.05 Å². The fourth-order valence-corrected chi connectivity index (χ4v) is 9.59. The van der Waals surface area contributed by atoms with Gasteiger partial charge in [-0.15, -0.1) is 0 Å². The number of ether oxygens (including phenoxy) is 3. The molecule has 1 aliphatic rings. The molecule has 0 spiro atoms. The van der Waals surface area contributed by atoms with Crippen molar-refractivity contribution in [3.05, 3.63) is 83.9 Å². The highest BCUT2D eigenvalue weighted by atomic mass is 31.2. The predicted molar refractivity (Wildman–Crippen MR) is 234 cm³/mol. The summed E-state index contributed by atoms with van der Waals surface area (Å²) in [5, 5.41) is 0. The third-order valence-electron chi connectivity index (χ3n) is 8.49. The number of nitrogens with zero attached hydrogens (tertiary/aromatic N) is 1. The number of halogens is 6. The lowest BCUT2D eigenvalue weighted by atomic mass is 9.99. The number of fused-ring (bicyclic) bond motifs is 2. The number of anilines is 2. The van der Waals surface area contributed by atoms with Gasteiger partial charge in [0.15, 0.2) is 25.1 Å². The lowest BCUT2D eigenvalue weighted by Crippen LogP contribution is -2.25. The van der Waals surface area contributed by atoms with E-state index in [-0.39, 0.29) is 22.6 Å². The molecule has 4 aromatic carbocycles. The first-order chi connectivity index (χ1) is 29.5. The summed E-state index contributed by atoms with van der Waals surface area (Å²) in [5.74, 6) is -0.682. The standard InChI is InChI=1S/C45H55F6NO11P2/c1-40(2,3)60-64(53,61-41(4,5)6)57-26-55-36-20-16-28(22-32(36)44(46,47)48)30-14-18-34-38(24-30)59-39-25-31(15-19-35(39)52(34)13)29-17-21-37(33(23-29)45(49,50)51)56-27-58-65(54,62-42(7,8)9)63-43(10,11)12/h14-25H,26-27H2,1-13H3. The summed E-state index contributed by atoms with van der Waals surface area (Å²) in [7, 11) is -6.86. The molecule has 0 aromatic heterocycles. The molecule has 0 unspecified atom stereocenters. The zero-order valence-corrected chi connectivity index (χ0v) is 40.2. The smallest absolute Gasteiger partial charge is 0.466 e. The van der Waals surface area contributed by atoms with Crippen molar-refractivity contribution >= 4 is 27.0 Å². The van der Waals surface area contributed by atoms with E-state index in [0.29, 0.717) is 22.5 Å². The monoisotopic (exact) mass is 961 g/mol. The molecule has 0 saturated carbocycles. The molecule has 0 N–H and O–H groups in total. The van der Waals surface area contributed by atoms with Gasteiger partial charge in [-0.2, -0.15) is 26.3 Å². The molecule has 1 heterocycles. The highest BCUT2D eigenvalue weighted by molar-refractivity contribution is 7.48. The quantitative estimate of drug-likeness (QED) is 0.0679. The Balaban J connectivity index is 1.38. The first-order valence-electron chi connectivity index (χ1n) is 20.2. The predicted octanol–water partition coefficient (Wildman–Crippen LogP) is 15.1. The van der Waals surface area contributed by atoms with Crippen molar-refractivity contribution < 1.29 is 76.8 Å². The molecule has 358 valence electrons. The molecule has 0 bridgehead atoms. The number of phosphoric acid groups is 2. The zero-order chi connectivity index (χ0) is 48.8. The highest BCUT2D eigenvalue weighted by Gasteiger charge is 2.41. The van der Waals surface area contributed by atoms with Crippen LogP contribution in [-0.2, 0) is 48.6 Å². The zero-order valence-electron chi connectivity index (χ0n) is 38.4. The Morgan fingerprint density at radius 3 is 1.06 bits per heavy atom. The van der Waals surface area contributed by atoms with Crippen LogP contribution in [0.25, 0.3) is 22.3 Å². The number of rotatable bonds is 14. The van der Waals surface area contributed by atoms with E-state index in [4.69, 9.17) is 41.4 Å². The largest absolute Gasteiger partial charge is 0.478 e. The minimum absolute atomic E-state index is 0.149. The van der Waals surface area contributed by atoms with E-state index in [0.717, 1.165) is 24.3 Å². The van der Waals surface area contributed by atoms with Crippen molar-refractivity contribution in [1.82, 2.24) is 0 Å². The molecular weight excluding hydrogens is 906 g/mol. The number of benzene rings is 4. The van der Waals surface area contributed by atoms with Crippen LogP contribution in [-0.4, -0.2) is 43.0 Å². The summed E-state index contributed by atoms with van der Waals surface area (Å²) < 4.78 is 163. The number of hydrogen-bond acceptors (Lipinski definition) is 12. The second-order valence-electron chi connectivity index (χ2n) is 18.9. The van der Waals surface area contributed by atoms with Gasteiger partial charge in [-0.3, -0.25) is 18.1 Å². The van der Waals surface area contributed by atoms with Crippen LogP contribution in [0.5, 0.6) is 23.0 Å². The minimum Gasteiger partial charge on any atom is -0.466 e. The Morgan fingerprint density at radius 2 is 0.769 bits per heavy atom. The van der Waals surface area contributed by atoms with Crippen molar-refractivity contribution in [2.75, 3.05) is 25.5 Å². The Hall–Kier alpha value is -4.12. The SMILES string of the molecule is CN1c2ccc(-c3ccc(OCOP(=O)(OC(C)(C)C)OC(C)(C)C)c(C(F)(F)F)c3)cc2Oc2cc(-c3ccc(OCOP(=O)(OC(C)(C)C)OC(C)(C)C)c(C(F)(F)F)c3)ccc21. The van der Waals surface area contributed by atoms with Gasteiger partial charge in [0.1, 0.15) is 11.5 Å². The lowest BCUT2D eigenvalue weighted by Gasteiger charge is -2.30. The molecule has 5 rings (SSSR count). The van der Waals surface area contributed by atoms with Crippen LogP contribution in [0.4, 0.5) is 37.7 Å². The van der Waals surface area contributed by atoms with Crippen molar-refractivity contribution in [2.45, 2.75) is 118 Å². The van der Waals surface area contributed by atoms with Gasteiger partial charge in [0.2, 0.25) is 0 Å². The van der Waals surface area contributed by atoms with Crippen molar-refractivity contribution in [2.24, 2.45) is 0 Å². The Bertz CT molecular complexity index is 2240. The van der Waals surface area contributed by atoms with Gasteiger partial charge in [-0.1, -0.05) is 24.3 Å². The molecule has 20 heteroatoms. The number of phosphoric ester groups is 2. The van der Waals surface area contributed by atoms with Gasteiger partial charge in [-0.25, -0.2) is 18.2 Å². The summed E-state index contributed by atoms with van der Waals surface area (Å²) in [6, 6.07) is 16.4. The first kappa shape index (κ1) is 51.9. The van der Waals surface area contributed by atoms with E-state index in [9.17, 15) is 35.5 Å². The van der Waals surface area contributed by atoms with E-state index in [1.807, 2.05) is 0 Å². The summed E-state index contributed by atoms with van der Waals surface area (Å²) >= 11 is 0. The average molecular weight is 962 g/mol. The summed E-state index contributed by atoms with van der Waals surface area (Å²) in [6.07, 6.45) is -9.76. The van der Waals surface area contributed by atoms with Gasteiger partial charge < -0.3 is 19.1 Å². The van der Waals surface area contributed by atoms with Crippen LogP contribution in [0.3, 0.4) is 0 Å².